The van der Waals surface area contributed by atoms with Crippen LogP contribution in [-0.2, 0) is 0 Å². The summed E-state index contributed by atoms with van der Waals surface area (Å²) in [4.78, 5) is 16.0. The third-order valence-corrected chi connectivity index (χ3v) is 15.0. The van der Waals surface area contributed by atoms with Crippen molar-refractivity contribution in [2.24, 2.45) is 0 Å². The van der Waals surface area contributed by atoms with Crippen molar-refractivity contribution >= 4 is 72.7 Å². The molecule has 1 aliphatic heterocycles. The summed E-state index contributed by atoms with van der Waals surface area (Å²) < 4.78 is 0. The number of pyridine rings is 3. The SMILES string of the molecule is C[Si]1(C)c2ccccc2-c2c1ccc1nc(-c3cccc4c(-c5ccc6ccc7ccc(-c8ccccc8)nc7c6n5)cccc34)c3ccccc3c21. The molecule has 0 amide bonds. The number of fused-ring (bicyclic) bond motifs is 11. The zero-order chi connectivity index (χ0) is 35.3. The van der Waals surface area contributed by atoms with Crippen LogP contribution in [0.5, 0.6) is 0 Å². The normalized spacial score (nSPS) is 13.2. The van der Waals surface area contributed by atoms with E-state index in [1.165, 1.54) is 37.7 Å². The molecule has 53 heavy (non-hydrogen) atoms. The van der Waals surface area contributed by atoms with E-state index >= 15 is 0 Å². The topological polar surface area (TPSA) is 38.7 Å². The molecular formula is C49H33N3Si. The molecule has 0 N–H and O–H groups in total. The van der Waals surface area contributed by atoms with Crippen molar-refractivity contribution in [3.63, 3.8) is 0 Å². The van der Waals surface area contributed by atoms with Crippen LogP contribution in [0.25, 0.3) is 99.2 Å². The van der Waals surface area contributed by atoms with Crippen molar-refractivity contribution in [2.45, 2.75) is 13.1 Å². The summed E-state index contributed by atoms with van der Waals surface area (Å²) in [6.45, 7) is 4.96. The lowest BCUT2D eigenvalue weighted by Crippen LogP contribution is -2.49. The second-order valence-electron chi connectivity index (χ2n) is 14.7. The van der Waals surface area contributed by atoms with E-state index in [2.05, 4.69) is 171 Å². The highest BCUT2D eigenvalue weighted by atomic mass is 28.3. The van der Waals surface area contributed by atoms with Gasteiger partial charge in [0.2, 0.25) is 0 Å². The van der Waals surface area contributed by atoms with Crippen molar-refractivity contribution in [1.82, 2.24) is 15.0 Å². The Balaban J connectivity index is 1.12. The van der Waals surface area contributed by atoms with Gasteiger partial charge in [0.15, 0.2) is 0 Å². The minimum Gasteiger partial charge on any atom is -0.247 e. The Labute approximate surface area is 308 Å². The average molecular weight is 692 g/mol. The van der Waals surface area contributed by atoms with Gasteiger partial charge in [-0.1, -0.05) is 159 Å². The molecule has 0 saturated carbocycles. The molecule has 0 unspecified atom stereocenters. The molecule has 0 saturated heterocycles. The Morgan fingerprint density at radius 3 is 1.77 bits per heavy atom. The Morgan fingerprint density at radius 1 is 0.396 bits per heavy atom. The lowest BCUT2D eigenvalue weighted by Gasteiger charge is -2.19. The minimum absolute atomic E-state index is 0.911. The highest BCUT2D eigenvalue weighted by Gasteiger charge is 2.38. The van der Waals surface area contributed by atoms with Crippen molar-refractivity contribution in [3.8, 4) is 44.9 Å². The van der Waals surface area contributed by atoms with Crippen LogP contribution in [0.1, 0.15) is 0 Å². The Morgan fingerprint density at radius 2 is 0.981 bits per heavy atom. The van der Waals surface area contributed by atoms with E-state index in [0.717, 1.165) is 71.9 Å². The van der Waals surface area contributed by atoms with Gasteiger partial charge in [-0.25, -0.2) is 15.0 Å². The quantitative estimate of drug-likeness (QED) is 0.137. The molecule has 0 spiro atoms. The van der Waals surface area contributed by atoms with Crippen LogP contribution in [0.2, 0.25) is 13.1 Å². The summed E-state index contributed by atoms with van der Waals surface area (Å²) in [5.74, 6) is 0. The summed E-state index contributed by atoms with van der Waals surface area (Å²) in [7, 11) is -1.83. The fourth-order valence-corrected chi connectivity index (χ4v) is 11.9. The van der Waals surface area contributed by atoms with Gasteiger partial charge in [0.1, 0.15) is 8.07 Å². The van der Waals surface area contributed by atoms with Crippen LogP contribution in [0, 0.1) is 0 Å². The van der Waals surface area contributed by atoms with E-state index < -0.39 is 8.07 Å². The maximum absolute atomic E-state index is 5.52. The molecule has 0 aliphatic carbocycles. The number of hydrogen-bond acceptors (Lipinski definition) is 3. The first kappa shape index (κ1) is 30.2. The zero-order valence-electron chi connectivity index (χ0n) is 29.4. The molecule has 11 rings (SSSR count). The number of benzene rings is 7. The molecule has 10 aromatic rings. The molecule has 3 aromatic heterocycles. The van der Waals surface area contributed by atoms with Gasteiger partial charge in [-0.2, -0.15) is 0 Å². The van der Waals surface area contributed by atoms with Gasteiger partial charge in [-0.15, -0.1) is 0 Å². The van der Waals surface area contributed by atoms with Crippen molar-refractivity contribution in [3.05, 3.63) is 164 Å². The van der Waals surface area contributed by atoms with Crippen molar-refractivity contribution in [1.29, 1.82) is 0 Å². The monoisotopic (exact) mass is 691 g/mol. The first-order valence-corrected chi connectivity index (χ1v) is 21.3. The van der Waals surface area contributed by atoms with E-state index in [0.29, 0.717) is 0 Å². The minimum atomic E-state index is -1.83. The standard InChI is InChI=1S/C49H33N3Si/c1-53(2)43-21-9-8-16-39(43)46-44(53)29-28-42-45(46)36-14-6-7-15-38(36)49(52-42)37-20-11-17-33-34(37)18-10-19-35(33)41-27-25-32-23-22-31-24-26-40(30-12-4-3-5-13-30)50-47(31)48(32)51-41/h3-29H,1-2H3. The van der Waals surface area contributed by atoms with Gasteiger partial charge >= 0.3 is 0 Å². The maximum Gasteiger partial charge on any atom is 0.113 e. The van der Waals surface area contributed by atoms with E-state index in [1.54, 1.807) is 0 Å². The first-order chi connectivity index (χ1) is 26.0. The second-order valence-corrected chi connectivity index (χ2v) is 19.1. The summed E-state index contributed by atoms with van der Waals surface area (Å²) in [6, 6.07) is 58.9. The maximum atomic E-state index is 5.52. The fraction of sp³-hybridized carbons (Fsp3) is 0.0408. The molecule has 3 nitrogen and oxygen atoms in total. The fourth-order valence-electron chi connectivity index (χ4n) is 8.87. The summed E-state index contributed by atoms with van der Waals surface area (Å²) in [6.07, 6.45) is 0. The number of nitrogens with zero attached hydrogens (tertiary/aromatic N) is 3. The number of hydrogen-bond donors (Lipinski definition) is 0. The Bertz CT molecular complexity index is 3150. The first-order valence-electron chi connectivity index (χ1n) is 18.3. The van der Waals surface area contributed by atoms with Gasteiger partial charge in [0.25, 0.3) is 0 Å². The predicted molar refractivity (Wildman–Crippen MR) is 226 cm³/mol. The molecule has 248 valence electrons. The average Bonchev–Trinajstić information content (AvgIpc) is 3.45. The third kappa shape index (κ3) is 4.43. The van der Waals surface area contributed by atoms with Crippen LogP contribution in [0.3, 0.4) is 0 Å². The molecule has 4 heteroatoms. The molecule has 0 radical (unpaired) electrons. The van der Waals surface area contributed by atoms with Gasteiger partial charge < -0.3 is 0 Å². The molecule has 1 aliphatic rings. The van der Waals surface area contributed by atoms with Crippen molar-refractivity contribution in [2.75, 3.05) is 0 Å². The zero-order valence-corrected chi connectivity index (χ0v) is 30.4. The summed E-state index contributed by atoms with van der Waals surface area (Å²) >= 11 is 0. The highest BCUT2D eigenvalue weighted by molar-refractivity contribution is 7.04. The van der Waals surface area contributed by atoms with Crippen LogP contribution in [0.4, 0.5) is 0 Å². The largest absolute Gasteiger partial charge is 0.247 e. The van der Waals surface area contributed by atoms with Gasteiger partial charge in [-0.3, -0.25) is 0 Å². The Hall–Kier alpha value is -6.49. The van der Waals surface area contributed by atoms with Crippen LogP contribution >= 0.6 is 0 Å². The molecule has 7 aromatic carbocycles. The molecule has 0 fully saturated rings. The second kappa shape index (κ2) is 11.3. The van der Waals surface area contributed by atoms with E-state index in [-0.39, 0.29) is 0 Å². The lowest BCUT2D eigenvalue weighted by atomic mass is 9.91. The summed E-state index contributed by atoms with van der Waals surface area (Å²) in [5, 5.41) is 11.2. The van der Waals surface area contributed by atoms with Crippen molar-refractivity contribution < 1.29 is 0 Å². The predicted octanol–water partition coefficient (Wildman–Crippen LogP) is 11.4. The van der Waals surface area contributed by atoms with Crippen LogP contribution in [0.15, 0.2) is 164 Å². The third-order valence-electron chi connectivity index (χ3n) is 11.5. The van der Waals surface area contributed by atoms with Crippen LogP contribution < -0.4 is 10.4 Å². The molecule has 4 heterocycles. The highest BCUT2D eigenvalue weighted by Crippen LogP contribution is 2.42. The van der Waals surface area contributed by atoms with E-state index in [1.807, 2.05) is 6.07 Å². The molecule has 0 atom stereocenters. The Kier molecular flexibility index (Phi) is 6.40. The molecular weight excluding hydrogens is 659 g/mol. The number of aromatic nitrogens is 3. The van der Waals surface area contributed by atoms with E-state index in [4.69, 9.17) is 15.0 Å². The van der Waals surface area contributed by atoms with Gasteiger partial charge in [-0.05, 0) is 55.9 Å². The van der Waals surface area contributed by atoms with Crippen LogP contribution in [-0.4, -0.2) is 23.0 Å². The van der Waals surface area contributed by atoms with E-state index in [9.17, 15) is 0 Å². The number of rotatable bonds is 3. The lowest BCUT2D eigenvalue weighted by molar-refractivity contribution is 1.37. The summed E-state index contributed by atoms with van der Waals surface area (Å²) in [5.41, 5.74) is 11.8. The smallest absolute Gasteiger partial charge is 0.113 e. The van der Waals surface area contributed by atoms with Gasteiger partial charge in [0, 0.05) is 38.2 Å². The van der Waals surface area contributed by atoms with Gasteiger partial charge in [0.05, 0.1) is 33.6 Å². The molecule has 0 bridgehead atoms.